The number of piperidine rings is 1. The highest BCUT2D eigenvalue weighted by Gasteiger charge is 2.44. The molecule has 13 heteroatoms. The molecule has 5 N–H and O–H groups in total. The average Bonchev–Trinajstić information content (AvgIpc) is 3.19. The zero-order chi connectivity index (χ0) is 40.2. The maximum absolute atomic E-state index is 14.4. The van der Waals surface area contributed by atoms with Gasteiger partial charge in [0.05, 0.1) is 11.2 Å². The lowest BCUT2D eigenvalue weighted by molar-refractivity contribution is -0.143. The summed E-state index contributed by atoms with van der Waals surface area (Å²) in [6.45, 7) is 5.96. The lowest BCUT2D eigenvalue weighted by atomic mass is 9.74. The largest absolute Gasteiger partial charge is 0.356 e. The summed E-state index contributed by atoms with van der Waals surface area (Å²) >= 11 is 0.983. The van der Waals surface area contributed by atoms with Crippen LogP contribution in [0.3, 0.4) is 0 Å². The van der Waals surface area contributed by atoms with E-state index < -0.39 is 17.5 Å². The number of benzene rings is 3. The minimum Gasteiger partial charge on any atom is -0.356 e. The topological polar surface area (TPSA) is 166 Å². The third-order valence-corrected chi connectivity index (χ3v) is 10.8. The van der Waals surface area contributed by atoms with Gasteiger partial charge in [0.15, 0.2) is 5.12 Å². The molecule has 56 heavy (non-hydrogen) atoms. The summed E-state index contributed by atoms with van der Waals surface area (Å²) in [7, 11) is 0. The fourth-order valence-electron chi connectivity index (χ4n) is 7.10. The summed E-state index contributed by atoms with van der Waals surface area (Å²) in [5.74, 6) is -0.353. The Labute approximate surface area is 335 Å². The number of likely N-dealkylation sites (tertiary alicyclic amines) is 1. The van der Waals surface area contributed by atoms with Crippen LogP contribution in [0.4, 0.5) is 4.79 Å². The SMILES string of the molecule is CCNC(=O)[C@]1(Cc2ccccc2)CCCN(C(=O)[C@@H](Cc2ccc3ccccc3c2)NC(=O)NCCCCNC(=O)CCCCCNC(=O)CSC(C)=O)C1. The van der Waals surface area contributed by atoms with E-state index in [-0.39, 0.29) is 41.0 Å². The summed E-state index contributed by atoms with van der Waals surface area (Å²) in [4.78, 5) is 77.9. The van der Waals surface area contributed by atoms with Crippen molar-refractivity contribution in [2.75, 3.05) is 45.0 Å². The van der Waals surface area contributed by atoms with Crippen molar-refractivity contribution in [2.24, 2.45) is 5.41 Å². The number of amides is 6. The minimum atomic E-state index is -0.848. The lowest BCUT2D eigenvalue weighted by Crippen LogP contribution is -2.59. The van der Waals surface area contributed by atoms with Gasteiger partial charge in [-0.15, -0.1) is 0 Å². The van der Waals surface area contributed by atoms with Gasteiger partial charge >= 0.3 is 6.03 Å². The van der Waals surface area contributed by atoms with E-state index in [1.807, 2.05) is 79.7 Å². The van der Waals surface area contributed by atoms with Crippen molar-refractivity contribution in [3.8, 4) is 0 Å². The van der Waals surface area contributed by atoms with Crippen LogP contribution < -0.4 is 26.6 Å². The van der Waals surface area contributed by atoms with E-state index >= 15 is 0 Å². The van der Waals surface area contributed by atoms with Crippen LogP contribution in [-0.2, 0) is 36.8 Å². The van der Waals surface area contributed by atoms with Gasteiger partial charge in [-0.3, -0.25) is 24.0 Å². The molecule has 1 fully saturated rings. The Bertz CT molecular complexity index is 1770. The Morgan fingerprint density at radius 2 is 1.43 bits per heavy atom. The molecule has 4 rings (SSSR count). The molecule has 6 amide bonds. The van der Waals surface area contributed by atoms with Crippen molar-refractivity contribution in [2.45, 2.75) is 84.1 Å². The van der Waals surface area contributed by atoms with Crippen molar-refractivity contribution in [3.63, 3.8) is 0 Å². The van der Waals surface area contributed by atoms with Crippen molar-refractivity contribution < 1.29 is 28.8 Å². The number of nitrogens with one attached hydrogen (secondary N) is 5. The maximum Gasteiger partial charge on any atom is 0.315 e. The van der Waals surface area contributed by atoms with Gasteiger partial charge in [0.1, 0.15) is 6.04 Å². The second-order valence-corrected chi connectivity index (χ2v) is 15.7. The lowest BCUT2D eigenvalue weighted by Gasteiger charge is -2.43. The highest BCUT2D eigenvalue weighted by Crippen LogP contribution is 2.35. The zero-order valence-corrected chi connectivity index (χ0v) is 33.6. The van der Waals surface area contributed by atoms with E-state index in [9.17, 15) is 28.8 Å². The number of hydrogen-bond acceptors (Lipinski definition) is 7. The molecule has 0 spiro atoms. The smallest absolute Gasteiger partial charge is 0.315 e. The first kappa shape index (κ1) is 43.8. The highest BCUT2D eigenvalue weighted by molar-refractivity contribution is 8.14. The molecule has 12 nitrogen and oxygen atoms in total. The van der Waals surface area contributed by atoms with E-state index in [0.29, 0.717) is 84.1 Å². The Kier molecular flexibility index (Phi) is 18.2. The summed E-state index contributed by atoms with van der Waals surface area (Å²) < 4.78 is 0. The number of thioether (sulfide) groups is 1. The van der Waals surface area contributed by atoms with Gasteiger partial charge in [0, 0.05) is 59.0 Å². The van der Waals surface area contributed by atoms with Crippen LogP contribution in [0.2, 0.25) is 0 Å². The molecule has 1 heterocycles. The predicted molar refractivity (Wildman–Crippen MR) is 222 cm³/mol. The number of carbonyl (C=O) groups is 6. The van der Waals surface area contributed by atoms with Crippen LogP contribution in [0.15, 0.2) is 72.8 Å². The molecule has 0 radical (unpaired) electrons. The van der Waals surface area contributed by atoms with Gasteiger partial charge in [0.25, 0.3) is 0 Å². The van der Waals surface area contributed by atoms with E-state index in [4.69, 9.17) is 0 Å². The van der Waals surface area contributed by atoms with Gasteiger partial charge in [-0.2, -0.15) is 0 Å². The molecule has 3 aromatic rings. The third-order valence-electron chi connectivity index (χ3n) is 9.97. The highest BCUT2D eigenvalue weighted by atomic mass is 32.2. The summed E-state index contributed by atoms with van der Waals surface area (Å²) in [6.07, 6.45) is 6.12. The Morgan fingerprint density at radius 3 is 2.16 bits per heavy atom. The first-order valence-corrected chi connectivity index (χ1v) is 20.9. The standard InChI is InChI=1S/C43H58N6O6S/c1-3-44-41(54)43(29-33-15-6-4-7-16-33)22-14-26-49(31-43)40(53)37(28-34-20-21-35-17-9-10-18-36(35)27-34)48-42(55)47-25-13-12-24-45-38(51)19-8-5-11-23-46-39(52)30-56-32(2)50/h4,6-7,9-10,15-18,20-21,27,37H,3,5,8,11-14,19,22-26,28-31H2,1-2H3,(H,44,54)(H,45,51)(H,46,52)(H2,47,48,55)/t37-,43+/m1/s1. The molecule has 302 valence electrons. The van der Waals surface area contributed by atoms with Crippen LogP contribution >= 0.6 is 11.8 Å². The molecule has 0 unspecified atom stereocenters. The van der Waals surface area contributed by atoms with Gasteiger partial charge in [-0.05, 0) is 73.8 Å². The predicted octanol–water partition coefficient (Wildman–Crippen LogP) is 4.89. The number of unbranched alkanes of at least 4 members (excludes halogenated alkanes) is 3. The van der Waals surface area contributed by atoms with Crippen LogP contribution in [-0.4, -0.2) is 90.7 Å². The molecular formula is C43H58N6O6S. The molecule has 0 aliphatic carbocycles. The van der Waals surface area contributed by atoms with Gasteiger partial charge in [-0.25, -0.2) is 4.79 Å². The van der Waals surface area contributed by atoms with Crippen molar-refractivity contribution in [1.82, 2.24) is 31.5 Å². The monoisotopic (exact) mass is 786 g/mol. The number of hydrogen-bond donors (Lipinski definition) is 5. The molecule has 1 aliphatic heterocycles. The van der Waals surface area contributed by atoms with Crippen molar-refractivity contribution in [3.05, 3.63) is 83.9 Å². The average molecular weight is 787 g/mol. The molecule has 2 atom stereocenters. The molecule has 3 aromatic carbocycles. The van der Waals surface area contributed by atoms with Gasteiger partial charge in [-0.1, -0.05) is 91.0 Å². The van der Waals surface area contributed by atoms with Crippen molar-refractivity contribution >= 4 is 57.3 Å². The molecule has 0 aromatic heterocycles. The fraction of sp³-hybridized carbons (Fsp3) is 0.488. The number of urea groups is 1. The number of carbonyl (C=O) groups excluding carboxylic acids is 6. The summed E-state index contributed by atoms with van der Waals surface area (Å²) in [5, 5.41) is 16.6. The second-order valence-electron chi connectivity index (χ2n) is 14.5. The first-order valence-electron chi connectivity index (χ1n) is 19.9. The van der Waals surface area contributed by atoms with Gasteiger partial charge in [0.2, 0.25) is 23.6 Å². The van der Waals surface area contributed by atoms with E-state index in [2.05, 4.69) is 26.6 Å². The number of rotatable bonds is 21. The summed E-state index contributed by atoms with van der Waals surface area (Å²) in [6, 6.07) is 22.7. The van der Waals surface area contributed by atoms with Crippen LogP contribution in [0.25, 0.3) is 10.8 Å². The van der Waals surface area contributed by atoms with Gasteiger partial charge < -0.3 is 31.5 Å². The van der Waals surface area contributed by atoms with E-state index in [1.54, 1.807) is 4.90 Å². The molecule has 1 saturated heterocycles. The van der Waals surface area contributed by atoms with Crippen LogP contribution in [0, 0.1) is 5.41 Å². The Hall–Kier alpha value is -4.91. The normalized spacial score (nSPS) is 15.7. The molecule has 0 saturated carbocycles. The molecule has 1 aliphatic rings. The first-order chi connectivity index (χ1) is 27.1. The fourth-order valence-corrected chi connectivity index (χ4v) is 7.53. The molecule has 0 bridgehead atoms. The Balaban J connectivity index is 1.27. The number of fused-ring (bicyclic) bond motifs is 1. The zero-order valence-electron chi connectivity index (χ0n) is 32.8. The second kappa shape index (κ2) is 23.2. The molecular weight excluding hydrogens is 729 g/mol. The van der Waals surface area contributed by atoms with Crippen molar-refractivity contribution in [1.29, 1.82) is 0 Å². The van der Waals surface area contributed by atoms with Crippen LogP contribution in [0.5, 0.6) is 0 Å². The Morgan fingerprint density at radius 1 is 0.750 bits per heavy atom. The quantitative estimate of drug-likeness (QED) is 0.0960. The third kappa shape index (κ3) is 14.6. The van der Waals surface area contributed by atoms with E-state index in [0.717, 1.165) is 46.5 Å². The van der Waals surface area contributed by atoms with E-state index in [1.165, 1.54) is 6.92 Å². The number of nitrogens with zero attached hydrogens (tertiary/aromatic N) is 1. The summed E-state index contributed by atoms with van der Waals surface area (Å²) in [5.41, 5.74) is 1.17. The van der Waals surface area contributed by atoms with Crippen LogP contribution in [0.1, 0.15) is 76.3 Å². The minimum absolute atomic E-state index is 0.0367. The maximum atomic E-state index is 14.4.